The second-order valence-corrected chi connectivity index (χ2v) is 11.1. The molecule has 1 aliphatic rings. The minimum absolute atomic E-state index is 0.101. The molecule has 1 saturated heterocycles. The molecule has 1 aromatic heterocycles. The summed E-state index contributed by atoms with van der Waals surface area (Å²) < 4.78 is 68.6. The number of rotatable bonds is 10. The second kappa shape index (κ2) is 11.8. The smallest absolute Gasteiger partial charge is 0.488 e. The van der Waals surface area contributed by atoms with E-state index in [-0.39, 0.29) is 23.6 Å². The van der Waals surface area contributed by atoms with Crippen molar-refractivity contribution in [2.45, 2.75) is 19.3 Å². The zero-order chi connectivity index (χ0) is 28.4. The molecular weight excluding hydrogens is 545 g/mol. The average Bonchev–Trinajstić information content (AvgIpc) is 3.53. The average molecular weight is 573 g/mol. The van der Waals surface area contributed by atoms with Gasteiger partial charge in [-0.15, -0.1) is 11.3 Å². The zero-order valence-electron chi connectivity index (χ0n) is 21.7. The molecule has 0 aliphatic carbocycles. The van der Waals surface area contributed by atoms with E-state index in [4.69, 9.17) is 9.47 Å². The van der Waals surface area contributed by atoms with Crippen LogP contribution >= 0.6 is 11.3 Å². The normalized spacial score (nSPS) is 16.0. The molecule has 5 rings (SSSR count). The first-order valence-corrected chi connectivity index (χ1v) is 13.7. The van der Waals surface area contributed by atoms with Gasteiger partial charge >= 0.3 is 7.12 Å². The standard InChI is InChI=1S/C29H28BF4NO4S/c1-29(33,34)25-15-20(32)3-9-23(25)28-27(24-8-2-19(30(36)37)14-26(24)40-28)39-22-6-4-21(5-7-22)38-13-12-35-11-10-18(16-31)17-35/h2-9,14-15,18,36-37H,10-13,16-17H2,1H3/t18-/m0/s1. The molecule has 1 atom stereocenters. The van der Waals surface area contributed by atoms with Crippen molar-refractivity contribution in [3.05, 3.63) is 72.0 Å². The van der Waals surface area contributed by atoms with E-state index >= 15 is 0 Å². The van der Waals surface area contributed by atoms with Crippen LogP contribution in [-0.4, -0.2) is 55.0 Å². The van der Waals surface area contributed by atoms with E-state index in [9.17, 15) is 27.6 Å². The van der Waals surface area contributed by atoms with Crippen LogP contribution in [0.25, 0.3) is 20.5 Å². The first kappa shape index (κ1) is 28.4. The Hall–Kier alpha value is -3.12. The van der Waals surface area contributed by atoms with Crippen molar-refractivity contribution < 1.29 is 37.1 Å². The van der Waals surface area contributed by atoms with Crippen LogP contribution in [0.15, 0.2) is 60.7 Å². The minimum atomic E-state index is -3.32. The van der Waals surface area contributed by atoms with Gasteiger partial charge in [0, 0.05) is 47.1 Å². The van der Waals surface area contributed by atoms with E-state index in [2.05, 4.69) is 4.90 Å². The summed E-state index contributed by atoms with van der Waals surface area (Å²) in [4.78, 5) is 2.53. The molecule has 5 nitrogen and oxygen atoms in total. The SMILES string of the molecule is CC(F)(F)c1cc(F)ccc1-c1sc2cc(B(O)O)ccc2c1Oc1ccc(OCCN2CC[C@@H](CF)C2)cc1. The lowest BCUT2D eigenvalue weighted by atomic mass is 9.80. The van der Waals surface area contributed by atoms with Gasteiger partial charge in [-0.3, -0.25) is 9.29 Å². The van der Waals surface area contributed by atoms with E-state index in [1.54, 1.807) is 36.4 Å². The van der Waals surface area contributed by atoms with E-state index in [0.717, 1.165) is 43.0 Å². The molecule has 4 aromatic rings. The monoisotopic (exact) mass is 573 g/mol. The summed E-state index contributed by atoms with van der Waals surface area (Å²) in [6, 6.07) is 14.8. The maximum absolute atomic E-state index is 14.5. The number of alkyl halides is 3. The van der Waals surface area contributed by atoms with E-state index < -0.39 is 24.4 Å². The van der Waals surface area contributed by atoms with Crippen LogP contribution < -0.4 is 14.9 Å². The molecule has 0 radical (unpaired) electrons. The van der Waals surface area contributed by atoms with Gasteiger partial charge in [-0.05, 0) is 60.9 Å². The number of nitrogens with zero attached hydrogens (tertiary/aromatic N) is 1. The summed E-state index contributed by atoms with van der Waals surface area (Å²) >= 11 is 1.14. The van der Waals surface area contributed by atoms with Crippen molar-refractivity contribution in [2.24, 2.45) is 5.92 Å². The molecule has 40 heavy (non-hydrogen) atoms. The van der Waals surface area contributed by atoms with Gasteiger partial charge in [0.1, 0.15) is 23.9 Å². The minimum Gasteiger partial charge on any atom is -0.492 e. The quantitative estimate of drug-likeness (QED) is 0.181. The maximum Gasteiger partial charge on any atom is 0.488 e. The first-order valence-electron chi connectivity index (χ1n) is 12.9. The Morgan fingerprint density at radius 3 is 2.48 bits per heavy atom. The van der Waals surface area contributed by atoms with Gasteiger partial charge in [-0.1, -0.05) is 18.2 Å². The summed E-state index contributed by atoms with van der Waals surface area (Å²) in [5.41, 5.74) is -0.124. The first-order chi connectivity index (χ1) is 19.1. The highest BCUT2D eigenvalue weighted by Gasteiger charge is 2.31. The second-order valence-electron chi connectivity index (χ2n) is 10.00. The lowest BCUT2D eigenvalue weighted by Crippen LogP contribution is -2.29. The Labute approximate surface area is 233 Å². The highest BCUT2D eigenvalue weighted by molar-refractivity contribution is 7.22. The molecule has 0 bridgehead atoms. The fourth-order valence-electron chi connectivity index (χ4n) is 4.86. The Balaban J connectivity index is 1.42. The Morgan fingerprint density at radius 1 is 1.05 bits per heavy atom. The van der Waals surface area contributed by atoms with Gasteiger partial charge in [0.05, 0.1) is 11.6 Å². The zero-order valence-corrected chi connectivity index (χ0v) is 22.6. The molecule has 3 aromatic carbocycles. The third-order valence-electron chi connectivity index (χ3n) is 6.97. The molecule has 2 N–H and O–H groups in total. The van der Waals surface area contributed by atoms with Crippen LogP contribution in [0.5, 0.6) is 17.2 Å². The fraction of sp³-hybridized carbons (Fsp3) is 0.310. The van der Waals surface area contributed by atoms with Crippen LogP contribution in [0.3, 0.4) is 0 Å². The van der Waals surface area contributed by atoms with Crippen molar-refractivity contribution in [3.8, 4) is 27.7 Å². The van der Waals surface area contributed by atoms with E-state index in [0.29, 0.717) is 52.3 Å². The molecule has 0 saturated carbocycles. The van der Waals surface area contributed by atoms with Gasteiger partial charge in [-0.25, -0.2) is 13.2 Å². The third-order valence-corrected chi connectivity index (χ3v) is 8.14. The van der Waals surface area contributed by atoms with Crippen molar-refractivity contribution in [3.63, 3.8) is 0 Å². The van der Waals surface area contributed by atoms with Crippen LogP contribution in [0.2, 0.25) is 0 Å². The highest BCUT2D eigenvalue weighted by Crippen LogP contribution is 2.49. The number of ether oxygens (including phenoxy) is 2. The predicted molar refractivity (Wildman–Crippen MR) is 149 cm³/mol. The number of hydrogen-bond donors (Lipinski definition) is 2. The van der Waals surface area contributed by atoms with E-state index in [1.165, 1.54) is 12.1 Å². The predicted octanol–water partition coefficient (Wildman–Crippen LogP) is 5.96. The molecule has 0 amide bonds. The summed E-state index contributed by atoms with van der Waals surface area (Å²) in [6.07, 6.45) is 0.860. The number of benzene rings is 3. The molecule has 210 valence electrons. The van der Waals surface area contributed by atoms with Crippen LogP contribution in [0.4, 0.5) is 17.6 Å². The van der Waals surface area contributed by atoms with Crippen LogP contribution in [0.1, 0.15) is 18.9 Å². The molecule has 11 heteroatoms. The highest BCUT2D eigenvalue weighted by atomic mass is 32.1. The summed E-state index contributed by atoms with van der Waals surface area (Å²) in [7, 11) is -1.70. The van der Waals surface area contributed by atoms with Gasteiger partial charge in [-0.2, -0.15) is 0 Å². The topological polar surface area (TPSA) is 62.2 Å². The summed E-state index contributed by atoms with van der Waals surface area (Å²) in [5, 5.41) is 19.8. The number of likely N-dealkylation sites (tertiary alicyclic amines) is 1. The van der Waals surface area contributed by atoms with Crippen molar-refractivity contribution in [1.82, 2.24) is 4.90 Å². The largest absolute Gasteiger partial charge is 0.492 e. The van der Waals surface area contributed by atoms with Crippen molar-refractivity contribution in [1.29, 1.82) is 0 Å². The molecular formula is C29H28BF4NO4S. The molecule has 1 aliphatic heterocycles. The Morgan fingerprint density at radius 2 is 1.80 bits per heavy atom. The van der Waals surface area contributed by atoms with Gasteiger partial charge in [0.15, 0.2) is 5.75 Å². The maximum atomic E-state index is 14.5. The van der Waals surface area contributed by atoms with Crippen LogP contribution in [0, 0.1) is 11.7 Å². The van der Waals surface area contributed by atoms with Crippen LogP contribution in [-0.2, 0) is 5.92 Å². The van der Waals surface area contributed by atoms with Crippen molar-refractivity contribution >= 4 is 34.0 Å². The van der Waals surface area contributed by atoms with Gasteiger partial charge < -0.3 is 19.5 Å². The molecule has 0 spiro atoms. The number of halogens is 4. The molecule has 0 unspecified atom stereocenters. The Bertz CT molecular complexity index is 1480. The molecule has 1 fully saturated rings. The number of thiophene rings is 1. The van der Waals surface area contributed by atoms with E-state index in [1.807, 2.05) is 0 Å². The lowest BCUT2D eigenvalue weighted by molar-refractivity contribution is 0.0178. The lowest BCUT2D eigenvalue weighted by Gasteiger charge is -2.17. The van der Waals surface area contributed by atoms with Gasteiger partial charge in [0.25, 0.3) is 5.92 Å². The summed E-state index contributed by atoms with van der Waals surface area (Å²) in [5.74, 6) is -2.66. The number of fused-ring (bicyclic) bond motifs is 1. The summed E-state index contributed by atoms with van der Waals surface area (Å²) in [6.45, 7) is 3.17. The van der Waals surface area contributed by atoms with Gasteiger partial charge in [0.2, 0.25) is 0 Å². The Kier molecular flexibility index (Phi) is 8.37. The third kappa shape index (κ3) is 6.28. The molecule has 2 heterocycles. The van der Waals surface area contributed by atoms with Crippen molar-refractivity contribution in [2.75, 3.05) is 32.9 Å². The fourth-order valence-corrected chi connectivity index (χ4v) is 6.08. The number of hydrogen-bond acceptors (Lipinski definition) is 6.